The Morgan fingerprint density at radius 1 is 1.29 bits per heavy atom. The summed E-state index contributed by atoms with van der Waals surface area (Å²) >= 11 is 0. The molecule has 2 saturated heterocycles. The third-order valence-corrected chi connectivity index (χ3v) is 4.72. The molecule has 4 heteroatoms. The van der Waals surface area contributed by atoms with Gasteiger partial charge in [0.25, 0.3) is 0 Å². The van der Waals surface area contributed by atoms with Crippen molar-refractivity contribution in [1.29, 1.82) is 0 Å². The Bertz CT molecular complexity index is 490. The van der Waals surface area contributed by atoms with E-state index in [4.69, 9.17) is 0 Å². The lowest BCUT2D eigenvalue weighted by molar-refractivity contribution is -0.130. The Kier molecular flexibility index (Phi) is 4.27. The summed E-state index contributed by atoms with van der Waals surface area (Å²) in [6.07, 6.45) is 2.60. The van der Waals surface area contributed by atoms with E-state index in [1.165, 1.54) is 19.4 Å². The first-order chi connectivity index (χ1) is 10.1. The Balaban J connectivity index is 1.68. The molecule has 21 heavy (non-hydrogen) atoms. The third kappa shape index (κ3) is 3.11. The molecule has 2 aliphatic heterocycles. The van der Waals surface area contributed by atoms with Crippen molar-refractivity contribution in [3.8, 4) is 0 Å². The van der Waals surface area contributed by atoms with Crippen LogP contribution in [-0.4, -0.2) is 48.6 Å². The van der Waals surface area contributed by atoms with Gasteiger partial charge in [-0.3, -0.25) is 10.1 Å². The molecule has 2 heterocycles. The van der Waals surface area contributed by atoms with Crippen LogP contribution in [0.5, 0.6) is 0 Å². The summed E-state index contributed by atoms with van der Waals surface area (Å²) in [5.74, 6) is 0.827. The van der Waals surface area contributed by atoms with Crippen molar-refractivity contribution in [2.75, 3.05) is 26.7 Å². The van der Waals surface area contributed by atoms with E-state index >= 15 is 0 Å². The first kappa shape index (κ1) is 14.5. The Hall–Kier alpha value is -1.39. The number of carbonyl (C=O) groups excluding carboxylic acids is 1. The number of nitrogens with one attached hydrogen (secondary N) is 1. The largest absolute Gasteiger partial charge is 0.325 e. The van der Waals surface area contributed by atoms with Gasteiger partial charge in [-0.1, -0.05) is 30.3 Å². The fourth-order valence-electron chi connectivity index (χ4n) is 3.59. The lowest BCUT2D eigenvalue weighted by atomic mass is 9.97. The van der Waals surface area contributed by atoms with Crippen molar-refractivity contribution in [2.45, 2.75) is 32.0 Å². The summed E-state index contributed by atoms with van der Waals surface area (Å²) in [7, 11) is 2.17. The van der Waals surface area contributed by atoms with Crippen molar-refractivity contribution >= 4 is 5.91 Å². The fraction of sp³-hybridized carbons (Fsp3) is 0.588. The number of amides is 1. The minimum absolute atomic E-state index is 0.120. The average Bonchev–Trinajstić information content (AvgIpc) is 2.76. The van der Waals surface area contributed by atoms with Crippen LogP contribution < -0.4 is 5.32 Å². The number of hydrogen-bond donors (Lipinski definition) is 1. The van der Waals surface area contributed by atoms with Gasteiger partial charge in [-0.05, 0) is 44.8 Å². The first-order valence-electron chi connectivity index (χ1n) is 7.95. The van der Waals surface area contributed by atoms with Gasteiger partial charge in [-0.25, -0.2) is 0 Å². The van der Waals surface area contributed by atoms with E-state index in [1.54, 1.807) is 0 Å². The van der Waals surface area contributed by atoms with Gasteiger partial charge < -0.3 is 9.80 Å². The predicted octanol–water partition coefficient (Wildman–Crippen LogP) is 1.85. The van der Waals surface area contributed by atoms with E-state index in [0.29, 0.717) is 5.92 Å². The maximum Gasteiger partial charge on any atom is 0.245 e. The van der Waals surface area contributed by atoms with Crippen LogP contribution in [0.15, 0.2) is 30.3 Å². The Morgan fingerprint density at radius 2 is 2.05 bits per heavy atom. The predicted molar refractivity (Wildman–Crippen MR) is 83.7 cm³/mol. The number of hydrogen-bond acceptors (Lipinski definition) is 3. The first-order valence-corrected chi connectivity index (χ1v) is 7.95. The SMILES string of the molecule is CC1NC(c2ccccc2)C(=O)N1CC1CCCN(C)C1. The summed E-state index contributed by atoms with van der Waals surface area (Å²) in [5, 5.41) is 3.43. The second-order valence-corrected chi connectivity index (χ2v) is 6.45. The Morgan fingerprint density at radius 3 is 2.76 bits per heavy atom. The molecule has 3 unspecified atom stereocenters. The highest BCUT2D eigenvalue weighted by Gasteiger charge is 2.38. The van der Waals surface area contributed by atoms with E-state index < -0.39 is 0 Å². The third-order valence-electron chi connectivity index (χ3n) is 4.72. The standard InChI is InChI=1S/C17H25N3O/c1-13-18-16(15-8-4-3-5-9-15)17(21)20(13)12-14-7-6-10-19(2)11-14/h3-5,8-9,13-14,16,18H,6-7,10-12H2,1-2H3. The van der Waals surface area contributed by atoms with E-state index in [0.717, 1.165) is 18.7 Å². The summed E-state index contributed by atoms with van der Waals surface area (Å²) < 4.78 is 0. The molecule has 0 aromatic heterocycles. The topological polar surface area (TPSA) is 35.6 Å². The average molecular weight is 287 g/mol. The molecule has 0 saturated carbocycles. The van der Waals surface area contributed by atoms with Crippen LogP contribution in [0.25, 0.3) is 0 Å². The number of piperidine rings is 1. The molecule has 1 N–H and O–H groups in total. The van der Waals surface area contributed by atoms with Gasteiger partial charge in [-0.2, -0.15) is 0 Å². The van der Waals surface area contributed by atoms with E-state index in [9.17, 15) is 4.79 Å². The number of benzene rings is 1. The van der Waals surface area contributed by atoms with Gasteiger partial charge in [0.15, 0.2) is 0 Å². The van der Waals surface area contributed by atoms with E-state index in [-0.39, 0.29) is 18.1 Å². The summed E-state index contributed by atoms with van der Waals surface area (Å²) in [5.41, 5.74) is 1.07. The fourth-order valence-corrected chi connectivity index (χ4v) is 3.59. The maximum atomic E-state index is 12.7. The molecule has 1 amide bonds. The van der Waals surface area contributed by atoms with E-state index in [1.807, 2.05) is 35.2 Å². The molecule has 4 nitrogen and oxygen atoms in total. The van der Waals surface area contributed by atoms with Crippen molar-refractivity contribution in [3.05, 3.63) is 35.9 Å². The zero-order valence-corrected chi connectivity index (χ0v) is 13.0. The molecule has 114 valence electrons. The van der Waals surface area contributed by atoms with E-state index in [2.05, 4.69) is 24.2 Å². The van der Waals surface area contributed by atoms with Crippen LogP contribution in [0.3, 0.4) is 0 Å². The van der Waals surface area contributed by atoms with Gasteiger partial charge in [0.05, 0.1) is 6.17 Å². The lowest BCUT2D eigenvalue weighted by Gasteiger charge is -2.33. The quantitative estimate of drug-likeness (QED) is 0.921. The minimum Gasteiger partial charge on any atom is -0.325 e. The second-order valence-electron chi connectivity index (χ2n) is 6.45. The molecule has 2 fully saturated rings. The molecular formula is C17H25N3O. The molecule has 3 rings (SSSR count). The summed E-state index contributed by atoms with van der Waals surface area (Å²) in [4.78, 5) is 17.1. The van der Waals surface area contributed by atoms with Gasteiger partial charge in [0.2, 0.25) is 5.91 Å². The summed E-state index contributed by atoms with van der Waals surface area (Å²) in [6, 6.07) is 9.85. The number of carbonyl (C=O) groups is 1. The van der Waals surface area contributed by atoms with Gasteiger partial charge >= 0.3 is 0 Å². The molecule has 0 bridgehead atoms. The van der Waals surface area contributed by atoms with Crippen molar-refractivity contribution in [1.82, 2.24) is 15.1 Å². The van der Waals surface area contributed by atoms with Crippen LogP contribution >= 0.6 is 0 Å². The molecule has 0 radical (unpaired) electrons. The van der Waals surface area contributed by atoms with Gasteiger partial charge in [0, 0.05) is 13.1 Å². The highest BCUT2D eigenvalue weighted by molar-refractivity contribution is 5.85. The molecule has 0 spiro atoms. The second kappa shape index (κ2) is 6.16. The monoisotopic (exact) mass is 287 g/mol. The molecule has 0 aliphatic carbocycles. The smallest absolute Gasteiger partial charge is 0.245 e. The summed E-state index contributed by atoms with van der Waals surface area (Å²) in [6.45, 7) is 5.26. The molecular weight excluding hydrogens is 262 g/mol. The van der Waals surface area contributed by atoms with Gasteiger partial charge in [0.1, 0.15) is 6.04 Å². The highest BCUT2D eigenvalue weighted by atomic mass is 16.2. The lowest BCUT2D eigenvalue weighted by Crippen LogP contribution is -2.43. The van der Waals surface area contributed by atoms with Crippen molar-refractivity contribution in [3.63, 3.8) is 0 Å². The van der Waals surface area contributed by atoms with Crippen LogP contribution in [0, 0.1) is 5.92 Å². The van der Waals surface area contributed by atoms with Crippen LogP contribution in [0.2, 0.25) is 0 Å². The number of nitrogens with zero attached hydrogens (tertiary/aromatic N) is 2. The molecule has 3 atom stereocenters. The normalized spacial score (nSPS) is 30.9. The van der Waals surface area contributed by atoms with Gasteiger partial charge in [-0.15, -0.1) is 0 Å². The molecule has 2 aliphatic rings. The molecule has 1 aromatic rings. The Labute approximate surface area is 127 Å². The maximum absolute atomic E-state index is 12.7. The zero-order valence-electron chi connectivity index (χ0n) is 13.0. The number of rotatable bonds is 3. The van der Waals surface area contributed by atoms with Crippen LogP contribution in [0.1, 0.15) is 31.4 Å². The molecule has 1 aromatic carbocycles. The number of likely N-dealkylation sites (tertiary alicyclic amines) is 1. The zero-order chi connectivity index (χ0) is 14.8. The highest BCUT2D eigenvalue weighted by Crippen LogP contribution is 2.26. The van der Waals surface area contributed by atoms with Crippen molar-refractivity contribution in [2.24, 2.45) is 5.92 Å². The van der Waals surface area contributed by atoms with Crippen LogP contribution in [0.4, 0.5) is 0 Å². The van der Waals surface area contributed by atoms with Crippen molar-refractivity contribution < 1.29 is 4.79 Å². The van der Waals surface area contributed by atoms with Crippen LogP contribution in [-0.2, 0) is 4.79 Å². The minimum atomic E-state index is -0.178.